The number of nitrogens with one attached hydrogen (secondary N) is 2. The maximum atomic E-state index is 12.4. The number of anilines is 1. The summed E-state index contributed by atoms with van der Waals surface area (Å²) in [5.74, 6) is 3.66. The van der Waals surface area contributed by atoms with E-state index in [1.165, 1.54) is 29.9 Å². The first-order valence-corrected chi connectivity index (χ1v) is 10.8. The summed E-state index contributed by atoms with van der Waals surface area (Å²) in [4.78, 5) is 14.9. The van der Waals surface area contributed by atoms with E-state index in [9.17, 15) is 4.79 Å². The Morgan fingerprint density at radius 1 is 1.40 bits per heavy atom. The number of rotatable bonds is 6. The van der Waals surface area contributed by atoms with Crippen LogP contribution in [0.4, 0.5) is 5.69 Å². The summed E-state index contributed by atoms with van der Waals surface area (Å²) in [7, 11) is 0. The molecule has 0 bridgehead atoms. The van der Waals surface area contributed by atoms with Crippen molar-refractivity contribution in [2.45, 2.75) is 32.7 Å². The van der Waals surface area contributed by atoms with Gasteiger partial charge in [-0.2, -0.15) is 11.8 Å². The molecule has 2 unspecified atom stereocenters. The number of benzene rings is 1. The second-order valence-corrected chi connectivity index (χ2v) is 8.65. The zero-order chi connectivity index (χ0) is 17.5. The molecular formula is C20H31N3OS. The lowest BCUT2D eigenvalue weighted by Gasteiger charge is -2.28. The topological polar surface area (TPSA) is 44.4 Å². The number of hydrogen-bond acceptors (Lipinski definition) is 4. The molecule has 4 nitrogen and oxygen atoms in total. The zero-order valence-electron chi connectivity index (χ0n) is 15.3. The monoisotopic (exact) mass is 361 g/mol. The van der Waals surface area contributed by atoms with Crippen molar-refractivity contribution in [1.82, 2.24) is 10.2 Å². The van der Waals surface area contributed by atoms with E-state index in [-0.39, 0.29) is 5.91 Å². The van der Waals surface area contributed by atoms with Crippen LogP contribution in [-0.2, 0) is 11.3 Å². The van der Waals surface area contributed by atoms with Gasteiger partial charge in [0.1, 0.15) is 0 Å². The van der Waals surface area contributed by atoms with Crippen LogP contribution in [0.1, 0.15) is 31.7 Å². The van der Waals surface area contributed by atoms with Crippen LogP contribution in [0.15, 0.2) is 24.3 Å². The third kappa shape index (κ3) is 6.01. The van der Waals surface area contributed by atoms with Crippen LogP contribution in [0.3, 0.4) is 0 Å². The maximum Gasteiger partial charge on any atom is 0.224 e. The Morgan fingerprint density at radius 2 is 2.24 bits per heavy atom. The fourth-order valence-corrected chi connectivity index (χ4v) is 4.78. The van der Waals surface area contributed by atoms with Crippen LogP contribution in [-0.4, -0.2) is 48.5 Å². The van der Waals surface area contributed by atoms with Crippen molar-refractivity contribution in [2.24, 2.45) is 11.8 Å². The number of carbonyl (C=O) groups excluding carboxylic acids is 1. The maximum absolute atomic E-state index is 12.4. The standard InChI is InChI=1S/C20H31N3OS/c1-16(18-5-3-7-21-14-18)12-20(24)22-19-6-2-4-17(13-19)15-23-8-10-25-11-9-23/h2,4,6,13,16,18,21H,3,5,7-12,14-15H2,1H3,(H,22,24). The molecule has 2 fully saturated rings. The molecule has 2 atom stereocenters. The highest BCUT2D eigenvalue weighted by molar-refractivity contribution is 7.99. The minimum Gasteiger partial charge on any atom is -0.326 e. The van der Waals surface area contributed by atoms with Crippen molar-refractivity contribution >= 4 is 23.4 Å². The Balaban J connectivity index is 1.49. The molecule has 2 aliphatic heterocycles. The van der Waals surface area contributed by atoms with E-state index in [1.54, 1.807) is 0 Å². The van der Waals surface area contributed by atoms with Crippen LogP contribution in [0.2, 0.25) is 0 Å². The van der Waals surface area contributed by atoms with Gasteiger partial charge in [0, 0.05) is 43.2 Å². The summed E-state index contributed by atoms with van der Waals surface area (Å²) in [6, 6.07) is 8.35. The SMILES string of the molecule is CC(CC(=O)Nc1cccc(CN2CCSCC2)c1)C1CCCNC1. The van der Waals surface area contributed by atoms with E-state index in [1.807, 2.05) is 17.8 Å². The fraction of sp³-hybridized carbons (Fsp3) is 0.650. The lowest BCUT2D eigenvalue weighted by molar-refractivity contribution is -0.117. The number of amides is 1. The first-order chi connectivity index (χ1) is 12.2. The molecule has 1 amide bonds. The van der Waals surface area contributed by atoms with E-state index in [2.05, 4.69) is 40.7 Å². The number of nitrogens with zero attached hydrogens (tertiary/aromatic N) is 1. The van der Waals surface area contributed by atoms with Gasteiger partial charge in [-0.25, -0.2) is 0 Å². The van der Waals surface area contributed by atoms with Gasteiger partial charge in [-0.15, -0.1) is 0 Å². The summed E-state index contributed by atoms with van der Waals surface area (Å²) >= 11 is 2.03. The number of thioether (sulfide) groups is 1. The Morgan fingerprint density at radius 3 is 3.00 bits per heavy atom. The molecule has 0 radical (unpaired) electrons. The Kier molecular flexibility index (Phi) is 7.20. The molecule has 0 saturated carbocycles. The van der Waals surface area contributed by atoms with Gasteiger partial charge in [-0.05, 0) is 55.5 Å². The average molecular weight is 362 g/mol. The second-order valence-electron chi connectivity index (χ2n) is 7.42. The second kappa shape index (κ2) is 9.60. The van der Waals surface area contributed by atoms with Gasteiger partial charge >= 0.3 is 0 Å². The highest BCUT2D eigenvalue weighted by Gasteiger charge is 2.22. The zero-order valence-corrected chi connectivity index (χ0v) is 16.1. The molecule has 1 aromatic carbocycles. The van der Waals surface area contributed by atoms with Gasteiger partial charge in [-0.1, -0.05) is 19.1 Å². The largest absolute Gasteiger partial charge is 0.326 e. The number of piperidine rings is 1. The summed E-state index contributed by atoms with van der Waals surface area (Å²) in [6.07, 6.45) is 3.08. The predicted molar refractivity (Wildman–Crippen MR) is 107 cm³/mol. The molecule has 138 valence electrons. The smallest absolute Gasteiger partial charge is 0.224 e. The molecule has 2 N–H and O–H groups in total. The van der Waals surface area contributed by atoms with E-state index in [4.69, 9.17) is 0 Å². The molecule has 1 aromatic rings. The van der Waals surface area contributed by atoms with Crippen LogP contribution in [0.25, 0.3) is 0 Å². The summed E-state index contributed by atoms with van der Waals surface area (Å²) in [5.41, 5.74) is 2.22. The third-order valence-electron chi connectivity index (χ3n) is 5.37. The van der Waals surface area contributed by atoms with Gasteiger partial charge in [0.2, 0.25) is 5.91 Å². The minimum atomic E-state index is 0.143. The van der Waals surface area contributed by atoms with Crippen molar-refractivity contribution in [2.75, 3.05) is 43.0 Å². The van der Waals surface area contributed by atoms with Crippen molar-refractivity contribution < 1.29 is 4.79 Å². The molecule has 2 heterocycles. The lowest BCUT2D eigenvalue weighted by Crippen LogP contribution is -2.34. The number of hydrogen-bond donors (Lipinski definition) is 2. The van der Waals surface area contributed by atoms with Gasteiger partial charge in [0.05, 0.1) is 0 Å². The predicted octanol–water partition coefficient (Wildman–Crippen LogP) is 3.20. The van der Waals surface area contributed by atoms with E-state index in [0.29, 0.717) is 18.3 Å². The van der Waals surface area contributed by atoms with Crippen LogP contribution >= 0.6 is 11.8 Å². The molecule has 0 aromatic heterocycles. The quantitative estimate of drug-likeness (QED) is 0.817. The fourth-order valence-electron chi connectivity index (χ4n) is 3.80. The molecule has 5 heteroatoms. The summed E-state index contributed by atoms with van der Waals surface area (Å²) < 4.78 is 0. The van der Waals surface area contributed by atoms with Gasteiger partial charge in [0.25, 0.3) is 0 Å². The van der Waals surface area contributed by atoms with E-state index in [0.717, 1.165) is 38.4 Å². The molecule has 3 rings (SSSR count). The Bertz CT molecular complexity index is 554. The summed E-state index contributed by atoms with van der Waals surface area (Å²) in [6.45, 7) is 7.69. The highest BCUT2D eigenvalue weighted by atomic mass is 32.2. The molecular weight excluding hydrogens is 330 g/mol. The van der Waals surface area contributed by atoms with Crippen molar-refractivity contribution in [3.05, 3.63) is 29.8 Å². The molecule has 25 heavy (non-hydrogen) atoms. The normalized spacial score (nSPS) is 23.2. The first-order valence-electron chi connectivity index (χ1n) is 9.60. The Hall–Kier alpha value is -1.04. The number of carbonyl (C=O) groups is 1. The Labute approximate surface area is 156 Å². The van der Waals surface area contributed by atoms with Crippen LogP contribution in [0.5, 0.6) is 0 Å². The average Bonchev–Trinajstić information content (AvgIpc) is 2.63. The van der Waals surface area contributed by atoms with Gasteiger partial charge in [0.15, 0.2) is 0 Å². The van der Waals surface area contributed by atoms with Crippen molar-refractivity contribution in [1.29, 1.82) is 0 Å². The first kappa shape index (κ1) is 18.7. The molecule has 2 saturated heterocycles. The van der Waals surface area contributed by atoms with Crippen LogP contribution in [0, 0.1) is 11.8 Å². The minimum absolute atomic E-state index is 0.143. The van der Waals surface area contributed by atoms with E-state index >= 15 is 0 Å². The molecule has 0 spiro atoms. The highest BCUT2D eigenvalue weighted by Crippen LogP contribution is 2.23. The van der Waals surface area contributed by atoms with Gasteiger partial charge < -0.3 is 10.6 Å². The lowest BCUT2D eigenvalue weighted by atomic mass is 9.85. The van der Waals surface area contributed by atoms with Crippen molar-refractivity contribution in [3.63, 3.8) is 0 Å². The molecule has 2 aliphatic rings. The van der Waals surface area contributed by atoms with Crippen LogP contribution < -0.4 is 10.6 Å². The van der Waals surface area contributed by atoms with Crippen molar-refractivity contribution in [3.8, 4) is 0 Å². The summed E-state index contributed by atoms with van der Waals surface area (Å²) in [5, 5.41) is 6.55. The van der Waals surface area contributed by atoms with E-state index < -0.39 is 0 Å². The van der Waals surface area contributed by atoms with Gasteiger partial charge in [-0.3, -0.25) is 9.69 Å². The molecule has 0 aliphatic carbocycles. The third-order valence-corrected chi connectivity index (χ3v) is 6.31.